The van der Waals surface area contributed by atoms with Gasteiger partial charge in [0, 0.05) is 19.6 Å². The highest BCUT2D eigenvalue weighted by atomic mass is 32.2. The molecule has 0 unspecified atom stereocenters. The van der Waals surface area contributed by atoms with Crippen LogP contribution in [0.1, 0.15) is 24.0 Å². The smallest absolute Gasteiger partial charge is 0.409 e. The zero-order valence-corrected chi connectivity index (χ0v) is 13.6. The fraction of sp³-hybridized carbons (Fsp3) is 0.533. The van der Waals surface area contributed by atoms with Gasteiger partial charge in [-0.25, -0.2) is 14.0 Å². The van der Waals surface area contributed by atoms with E-state index in [0.717, 1.165) is 19.4 Å². The minimum Gasteiger partial charge on any atom is -0.453 e. The number of methoxy groups -OCH3 is 1. The molecule has 0 radical (unpaired) electrons. The molecule has 0 aromatic heterocycles. The number of nitrogens with zero attached hydrogens (tertiary/aromatic N) is 2. The monoisotopic (exact) mass is 324 g/mol. The lowest BCUT2D eigenvalue weighted by Gasteiger charge is -2.43. The van der Waals surface area contributed by atoms with Crippen molar-refractivity contribution in [2.75, 3.05) is 27.3 Å². The van der Waals surface area contributed by atoms with E-state index in [0.29, 0.717) is 13.1 Å². The Hall–Kier alpha value is -1.28. The third-order valence-electron chi connectivity index (χ3n) is 4.52. The average Bonchev–Trinajstić information content (AvgIpc) is 2.87. The maximum atomic E-state index is 11.7. The summed E-state index contributed by atoms with van der Waals surface area (Å²) >= 11 is 1.24. The number of likely N-dealkylation sites (tertiary alicyclic amines) is 1. The molecule has 2 aliphatic rings. The summed E-state index contributed by atoms with van der Waals surface area (Å²) < 4.78 is 12.2. The van der Waals surface area contributed by atoms with Crippen LogP contribution in [0.3, 0.4) is 0 Å². The van der Waals surface area contributed by atoms with Crippen molar-refractivity contribution in [2.45, 2.75) is 24.9 Å². The minimum atomic E-state index is -0.256. The highest BCUT2D eigenvalue weighted by molar-refractivity contribution is 7.92. The highest BCUT2D eigenvalue weighted by Gasteiger charge is 2.48. The maximum Gasteiger partial charge on any atom is 0.409 e. The molecule has 0 N–H and O–H groups in total. The van der Waals surface area contributed by atoms with E-state index in [1.54, 1.807) is 4.90 Å². The largest absolute Gasteiger partial charge is 0.453 e. The van der Waals surface area contributed by atoms with Gasteiger partial charge < -0.3 is 9.64 Å². The quantitative estimate of drug-likeness (QED) is 0.369. The van der Waals surface area contributed by atoms with Gasteiger partial charge in [0.15, 0.2) is 0 Å². The second kappa shape index (κ2) is 6.45. The fourth-order valence-corrected chi connectivity index (χ4v) is 4.17. The molecule has 1 spiro atoms. The van der Waals surface area contributed by atoms with Gasteiger partial charge in [-0.2, -0.15) is 0 Å². The van der Waals surface area contributed by atoms with Crippen LogP contribution in [0.2, 0.25) is 0 Å². The Balaban J connectivity index is 1.83. The summed E-state index contributed by atoms with van der Waals surface area (Å²) in [7, 11) is 2.93. The molecule has 2 heterocycles. The average molecular weight is 324 g/mol. The van der Waals surface area contributed by atoms with Crippen LogP contribution in [0.15, 0.2) is 24.3 Å². The molecule has 3 rings (SSSR count). The van der Waals surface area contributed by atoms with E-state index < -0.39 is 0 Å². The van der Waals surface area contributed by atoms with E-state index in [9.17, 15) is 4.79 Å². The minimum absolute atomic E-state index is 0.121. The molecule has 1 amide bonds. The van der Waals surface area contributed by atoms with Gasteiger partial charge in [0.05, 0.1) is 19.8 Å². The van der Waals surface area contributed by atoms with E-state index in [-0.39, 0.29) is 11.6 Å². The Morgan fingerprint density at radius 2 is 1.95 bits per heavy atom. The van der Waals surface area contributed by atoms with Crippen LogP contribution in [0.5, 0.6) is 0 Å². The first-order chi connectivity index (χ1) is 10.7. The predicted octanol–water partition coefficient (Wildman–Crippen LogP) is 2.70. The van der Waals surface area contributed by atoms with Gasteiger partial charge in [0.1, 0.15) is 12.2 Å². The molecule has 2 aliphatic heterocycles. The highest BCUT2D eigenvalue weighted by Crippen LogP contribution is 2.49. The second-order valence-electron chi connectivity index (χ2n) is 5.49. The summed E-state index contributed by atoms with van der Waals surface area (Å²) in [6, 6.07) is 8.45. The lowest BCUT2D eigenvalue weighted by atomic mass is 9.82. The van der Waals surface area contributed by atoms with Gasteiger partial charge in [-0.05, 0) is 24.0 Å². The number of hydrogen-bond donors (Lipinski definition) is 0. The van der Waals surface area contributed by atoms with Crippen molar-refractivity contribution in [1.29, 1.82) is 0 Å². The van der Waals surface area contributed by atoms with Crippen molar-refractivity contribution >= 4 is 18.3 Å². The first-order valence-electron chi connectivity index (χ1n) is 7.27. The Morgan fingerprint density at radius 1 is 1.23 bits per heavy atom. The van der Waals surface area contributed by atoms with Crippen molar-refractivity contribution in [3.8, 4) is 0 Å². The van der Waals surface area contributed by atoms with Crippen molar-refractivity contribution in [2.24, 2.45) is 0 Å². The number of benzene rings is 1. The van der Waals surface area contributed by atoms with Crippen LogP contribution in [-0.2, 0) is 26.0 Å². The molecule has 22 heavy (non-hydrogen) atoms. The first-order valence-corrected chi connectivity index (χ1v) is 7.97. The predicted molar refractivity (Wildman–Crippen MR) is 82.6 cm³/mol. The molecule has 0 bridgehead atoms. The summed E-state index contributed by atoms with van der Waals surface area (Å²) in [4.78, 5) is 18.2. The topological polar surface area (TPSA) is 51.2 Å². The van der Waals surface area contributed by atoms with Gasteiger partial charge in [-0.3, -0.25) is 0 Å². The molecular formula is C15H20N2O4S. The van der Waals surface area contributed by atoms with Crippen LogP contribution in [0.4, 0.5) is 4.79 Å². The third-order valence-corrected chi connectivity index (χ3v) is 5.38. The van der Waals surface area contributed by atoms with E-state index in [1.807, 2.05) is 0 Å². The van der Waals surface area contributed by atoms with Crippen molar-refractivity contribution < 1.29 is 18.8 Å². The molecule has 7 heteroatoms. The molecule has 0 atom stereocenters. The molecule has 1 saturated heterocycles. The third kappa shape index (κ3) is 2.58. The Labute approximate surface area is 134 Å². The molecule has 1 aromatic carbocycles. The van der Waals surface area contributed by atoms with Crippen LogP contribution in [0.25, 0.3) is 0 Å². The van der Waals surface area contributed by atoms with Gasteiger partial charge in [0.2, 0.25) is 0 Å². The van der Waals surface area contributed by atoms with Gasteiger partial charge in [-0.15, -0.1) is 4.33 Å². The Kier molecular flexibility index (Phi) is 4.58. The number of carbonyl (C=O) groups is 1. The summed E-state index contributed by atoms with van der Waals surface area (Å²) in [5, 5.41) is 0. The number of hydrogen-bond acceptors (Lipinski definition) is 6. The van der Waals surface area contributed by atoms with Gasteiger partial charge in [0.25, 0.3) is 0 Å². The fourth-order valence-electron chi connectivity index (χ4n) is 3.42. The maximum absolute atomic E-state index is 11.7. The second-order valence-corrected chi connectivity index (χ2v) is 6.22. The normalized spacial score (nSPS) is 20.2. The zero-order chi connectivity index (χ0) is 15.6. The van der Waals surface area contributed by atoms with E-state index >= 15 is 0 Å². The lowest BCUT2D eigenvalue weighted by molar-refractivity contribution is -0.165. The first kappa shape index (κ1) is 15.6. The molecule has 0 saturated carbocycles. The van der Waals surface area contributed by atoms with Crippen LogP contribution < -0.4 is 0 Å². The number of amides is 1. The van der Waals surface area contributed by atoms with Gasteiger partial charge in [-0.1, -0.05) is 24.3 Å². The molecule has 0 aliphatic carbocycles. The molecule has 6 nitrogen and oxygen atoms in total. The number of piperidine rings is 1. The van der Waals surface area contributed by atoms with Crippen molar-refractivity contribution in [3.63, 3.8) is 0 Å². The summed E-state index contributed by atoms with van der Waals surface area (Å²) in [6.45, 7) is 2.15. The van der Waals surface area contributed by atoms with E-state index in [2.05, 4.69) is 28.6 Å². The lowest BCUT2D eigenvalue weighted by Crippen LogP contribution is -2.49. The Bertz CT molecular complexity index is 546. The molecule has 1 fully saturated rings. The van der Waals surface area contributed by atoms with E-state index in [1.165, 1.54) is 37.6 Å². The number of ether oxygens (including phenoxy) is 1. The molecular weight excluding hydrogens is 304 g/mol. The molecule has 1 aromatic rings. The summed E-state index contributed by atoms with van der Waals surface area (Å²) in [6.07, 6.45) is 1.44. The van der Waals surface area contributed by atoms with Crippen molar-refractivity contribution in [1.82, 2.24) is 9.21 Å². The summed E-state index contributed by atoms with van der Waals surface area (Å²) in [5.41, 5.74) is 2.51. The molecule has 120 valence electrons. The SMILES string of the molecule is COOSN1Cc2ccccc2C12CCN(C(=O)OC)CC2. The van der Waals surface area contributed by atoms with Crippen molar-refractivity contribution in [3.05, 3.63) is 35.4 Å². The number of fused-ring (bicyclic) bond motifs is 2. The number of carbonyl (C=O) groups excluding carboxylic acids is 1. The Morgan fingerprint density at radius 3 is 2.64 bits per heavy atom. The van der Waals surface area contributed by atoms with Crippen LogP contribution in [0, 0.1) is 0 Å². The van der Waals surface area contributed by atoms with Gasteiger partial charge >= 0.3 is 6.09 Å². The van der Waals surface area contributed by atoms with Crippen LogP contribution >= 0.6 is 12.2 Å². The number of rotatable bonds is 3. The summed E-state index contributed by atoms with van der Waals surface area (Å²) in [5.74, 6) is 0. The zero-order valence-electron chi connectivity index (χ0n) is 12.8. The standard InChI is InChI=1S/C15H20N2O4S/c1-19-14(18)16-9-7-15(8-10-16)13-6-4-3-5-12(13)11-17(15)22-21-20-2/h3-6H,7-11H2,1-2H3. The van der Waals surface area contributed by atoms with Crippen LogP contribution in [-0.4, -0.2) is 42.6 Å². The van der Waals surface area contributed by atoms with E-state index in [4.69, 9.17) is 14.0 Å².